The molecule has 174 valence electrons. The third kappa shape index (κ3) is 3.43. The Labute approximate surface area is 187 Å². The molecule has 0 bridgehead atoms. The summed E-state index contributed by atoms with van der Waals surface area (Å²) in [5.41, 5.74) is 0.207. The van der Waals surface area contributed by atoms with Gasteiger partial charge in [0.15, 0.2) is 0 Å². The third-order valence-electron chi connectivity index (χ3n) is 9.46. The molecule has 2 aliphatic carbocycles. The maximum atomic E-state index is 11.8. The summed E-state index contributed by atoms with van der Waals surface area (Å²) in [4.78, 5) is 11.8. The fourth-order valence-electron chi connectivity index (χ4n) is 7.65. The number of hydrogen-bond donors (Lipinski definition) is 1. The van der Waals surface area contributed by atoms with Crippen LogP contribution in [0.3, 0.4) is 0 Å². The Morgan fingerprint density at radius 1 is 1.03 bits per heavy atom. The van der Waals surface area contributed by atoms with Crippen LogP contribution >= 0.6 is 0 Å². The SMILES string of the molecule is CO[C@@]1(/C=C/[C@]2(C)CC[C@@H]3[C@@]4(C)CC[C@@H](O)C(C)(C)[C@@H]4CC[C@@]3(C)O2)OC(=O)C=C1C. The number of methoxy groups -OCH3 is 1. The molecule has 2 saturated carbocycles. The van der Waals surface area contributed by atoms with E-state index in [1.165, 1.54) is 6.08 Å². The second-order valence-corrected chi connectivity index (χ2v) is 11.7. The minimum absolute atomic E-state index is 0.0595. The minimum atomic E-state index is -1.13. The molecule has 4 rings (SSSR count). The zero-order valence-corrected chi connectivity index (χ0v) is 20.3. The van der Waals surface area contributed by atoms with Gasteiger partial charge in [-0.1, -0.05) is 26.8 Å². The van der Waals surface area contributed by atoms with Crippen LogP contribution < -0.4 is 0 Å². The Hall–Kier alpha value is -1.17. The van der Waals surface area contributed by atoms with E-state index in [0.29, 0.717) is 11.8 Å². The average Bonchev–Trinajstić information content (AvgIpc) is 2.96. The zero-order chi connectivity index (χ0) is 22.9. The third-order valence-corrected chi connectivity index (χ3v) is 9.46. The molecule has 0 aromatic rings. The second-order valence-electron chi connectivity index (χ2n) is 11.7. The van der Waals surface area contributed by atoms with Crippen LogP contribution in [0.2, 0.25) is 0 Å². The molecule has 31 heavy (non-hydrogen) atoms. The number of hydrogen-bond acceptors (Lipinski definition) is 5. The summed E-state index contributed by atoms with van der Waals surface area (Å²) in [7, 11) is 1.56. The molecule has 1 N–H and O–H groups in total. The van der Waals surface area contributed by atoms with E-state index in [-0.39, 0.29) is 28.5 Å². The number of cyclic esters (lactones) is 1. The lowest BCUT2D eigenvalue weighted by Gasteiger charge is -2.66. The molecule has 0 aromatic heterocycles. The van der Waals surface area contributed by atoms with Crippen molar-refractivity contribution in [3.05, 3.63) is 23.8 Å². The van der Waals surface area contributed by atoms with E-state index in [0.717, 1.165) is 44.1 Å². The highest BCUT2D eigenvalue weighted by Crippen LogP contribution is 2.65. The first-order valence-electron chi connectivity index (χ1n) is 11.9. The van der Waals surface area contributed by atoms with Crippen molar-refractivity contribution in [3.8, 4) is 0 Å². The molecule has 3 fully saturated rings. The molecule has 4 aliphatic rings. The smallest absolute Gasteiger partial charge is 0.333 e. The van der Waals surface area contributed by atoms with E-state index < -0.39 is 11.4 Å². The first-order chi connectivity index (χ1) is 14.3. The van der Waals surface area contributed by atoms with Crippen molar-refractivity contribution in [1.82, 2.24) is 0 Å². The molecular weight excluding hydrogens is 392 g/mol. The van der Waals surface area contributed by atoms with Gasteiger partial charge in [0.25, 0.3) is 5.79 Å². The highest BCUT2D eigenvalue weighted by Gasteiger charge is 2.63. The summed E-state index contributed by atoms with van der Waals surface area (Å²) < 4.78 is 18.0. The zero-order valence-electron chi connectivity index (χ0n) is 20.3. The van der Waals surface area contributed by atoms with Crippen molar-refractivity contribution in [2.45, 2.75) is 103 Å². The molecule has 5 nitrogen and oxygen atoms in total. The molecule has 0 spiro atoms. The Morgan fingerprint density at radius 2 is 1.71 bits per heavy atom. The lowest BCUT2D eigenvalue weighted by Crippen LogP contribution is -2.64. The minimum Gasteiger partial charge on any atom is -0.422 e. The van der Waals surface area contributed by atoms with Crippen molar-refractivity contribution < 1.29 is 24.1 Å². The number of aliphatic hydroxyl groups excluding tert-OH is 1. The van der Waals surface area contributed by atoms with E-state index in [2.05, 4.69) is 34.6 Å². The van der Waals surface area contributed by atoms with Crippen LogP contribution in [0.1, 0.15) is 80.1 Å². The number of esters is 1. The number of carbonyl (C=O) groups is 1. The van der Waals surface area contributed by atoms with E-state index in [1.807, 2.05) is 19.1 Å². The summed E-state index contributed by atoms with van der Waals surface area (Å²) in [6.07, 6.45) is 11.2. The van der Waals surface area contributed by atoms with Crippen LogP contribution in [0.4, 0.5) is 0 Å². The Morgan fingerprint density at radius 3 is 2.32 bits per heavy atom. The van der Waals surface area contributed by atoms with Crippen LogP contribution in [0.5, 0.6) is 0 Å². The second kappa shape index (κ2) is 7.16. The van der Waals surface area contributed by atoms with Crippen molar-refractivity contribution >= 4 is 5.97 Å². The largest absolute Gasteiger partial charge is 0.422 e. The van der Waals surface area contributed by atoms with E-state index in [4.69, 9.17) is 14.2 Å². The summed E-state index contributed by atoms with van der Waals surface area (Å²) >= 11 is 0. The van der Waals surface area contributed by atoms with Gasteiger partial charge >= 0.3 is 5.97 Å². The molecule has 7 atom stereocenters. The monoisotopic (exact) mass is 432 g/mol. The maximum Gasteiger partial charge on any atom is 0.333 e. The fourth-order valence-corrected chi connectivity index (χ4v) is 7.65. The van der Waals surface area contributed by atoms with Gasteiger partial charge in [0.1, 0.15) is 0 Å². The topological polar surface area (TPSA) is 65.0 Å². The van der Waals surface area contributed by atoms with E-state index >= 15 is 0 Å². The molecule has 0 aromatic carbocycles. The van der Waals surface area contributed by atoms with Crippen molar-refractivity contribution in [3.63, 3.8) is 0 Å². The molecule has 2 aliphatic heterocycles. The van der Waals surface area contributed by atoms with Gasteiger partial charge in [0.2, 0.25) is 0 Å². The van der Waals surface area contributed by atoms with Gasteiger partial charge in [-0.3, -0.25) is 0 Å². The summed E-state index contributed by atoms with van der Waals surface area (Å²) in [6, 6.07) is 0. The van der Waals surface area contributed by atoms with Crippen molar-refractivity contribution in [1.29, 1.82) is 0 Å². The Kier molecular flexibility index (Phi) is 5.32. The van der Waals surface area contributed by atoms with Gasteiger partial charge in [-0.05, 0) is 88.0 Å². The molecular formula is C26H40O5. The normalized spacial score (nSPS) is 49.4. The standard InChI is InChI=1S/C26H40O5/c1-17-16-21(28)30-26(17,29-7)15-14-23(4)11-8-19-24(5)12-10-20(27)22(2,3)18(24)9-13-25(19,6)31-23/h14-16,18-20,27H,8-13H2,1-7H3/b15-14+/t18-,19+,20+,23-,24-,25+,26-/m0/s1. The number of fused-ring (bicyclic) bond motifs is 3. The summed E-state index contributed by atoms with van der Waals surface area (Å²) in [5.74, 6) is -0.532. The summed E-state index contributed by atoms with van der Waals surface area (Å²) in [6.45, 7) is 13.2. The van der Waals surface area contributed by atoms with E-state index in [9.17, 15) is 9.90 Å². The quantitative estimate of drug-likeness (QED) is 0.506. The van der Waals surface area contributed by atoms with Crippen LogP contribution in [-0.4, -0.2) is 41.3 Å². The Balaban J connectivity index is 1.58. The first-order valence-corrected chi connectivity index (χ1v) is 11.9. The number of ether oxygens (including phenoxy) is 3. The lowest BCUT2D eigenvalue weighted by molar-refractivity contribution is -0.262. The average molecular weight is 433 g/mol. The lowest BCUT2D eigenvalue weighted by atomic mass is 9.44. The molecule has 0 amide bonds. The molecule has 0 radical (unpaired) electrons. The van der Waals surface area contributed by atoms with Gasteiger partial charge < -0.3 is 19.3 Å². The van der Waals surface area contributed by atoms with Gasteiger partial charge in [-0.25, -0.2) is 4.79 Å². The molecule has 1 saturated heterocycles. The Bertz CT molecular complexity index is 815. The van der Waals surface area contributed by atoms with Crippen molar-refractivity contribution in [2.24, 2.45) is 22.7 Å². The maximum absolute atomic E-state index is 11.8. The molecule has 5 heteroatoms. The molecule has 2 heterocycles. The van der Waals surface area contributed by atoms with Crippen LogP contribution in [-0.2, 0) is 19.0 Å². The van der Waals surface area contributed by atoms with Crippen LogP contribution in [0, 0.1) is 22.7 Å². The first kappa shape index (κ1) is 23.0. The van der Waals surface area contributed by atoms with Gasteiger partial charge in [0.05, 0.1) is 17.3 Å². The highest BCUT2D eigenvalue weighted by molar-refractivity contribution is 5.86. The van der Waals surface area contributed by atoms with Gasteiger partial charge in [-0.15, -0.1) is 0 Å². The number of aliphatic hydroxyl groups is 1. The van der Waals surface area contributed by atoms with Gasteiger partial charge in [-0.2, -0.15) is 0 Å². The predicted octanol–water partition coefficient (Wildman–Crippen LogP) is 4.93. The molecule has 0 unspecified atom stereocenters. The highest BCUT2D eigenvalue weighted by atomic mass is 16.7. The number of carbonyl (C=O) groups excluding carboxylic acids is 1. The van der Waals surface area contributed by atoms with Crippen LogP contribution in [0.15, 0.2) is 23.8 Å². The summed E-state index contributed by atoms with van der Waals surface area (Å²) in [5, 5.41) is 10.7. The fraction of sp³-hybridized carbons (Fsp3) is 0.808. The van der Waals surface area contributed by atoms with Crippen molar-refractivity contribution in [2.75, 3.05) is 7.11 Å². The van der Waals surface area contributed by atoms with E-state index in [1.54, 1.807) is 7.11 Å². The van der Waals surface area contributed by atoms with Gasteiger partial charge in [0, 0.05) is 18.8 Å². The van der Waals surface area contributed by atoms with Crippen LogP contribution in [0.25, 0.3) is 0 Å². The predicted molar refractivity (Wildman–Crippen MR) is 119 cm³/mol. The number of rotatable bonds is 3.